The number of rotatable bonds is 6. The van der Waals surface area contributed by atoms with Gasteiger partial charge in [-0.25, -0.2) is 0 Å². The number of carbonyl (C=O) groups excluding carboxylic acids is 2. The highest BCUT2D eigenvalue weighted by Crippen LogP contribution is 2.00. The summed E-state index contributed by atoms with van der Waals surface area (Å²) in [6, 6.07) is 0. The van der Waals surface area contributed by atoms with Crippen molar-refractivity contribution < 1.29 is 19.4 Å². The Morgan fingerprint density at radius 1 is 1.46 bits per heavy atom. The van der Waals surface area contributed by atoms with Crippen LogP contribution < -0.4 is 0 Å². The van der Waals surface area contributed by atoms with Crippen molar-refractivity contribution in [2.75, 3.05) is 13.2 Å². The van der Waals surface area contributed by atoms with Gasteiger partial charge in [-0.05, 0) is 12.7 Å². The number of Topliss-reactive ketones (excluding diaryl/α,β-unsaturated/α-hetero) is 1. The Kier molecular flexibility index (Phi) is 6.23. The number of ether oxygens (including phenoxy) is 1. The topological polar surface area (TPSA) is 63.6 Å². The number of aliphatic hydroxyl groups is 1. The van der Waals surface area contributed by atoms with Gasteiger partial charge in [-0.15, -0.1) is 0 Å². The summed E-state index contributed by atoms with van der Waals surface area (Å²) in [5.41, 5.74) is 0. The van der Waals surface area contributed by atoms with Crippen LogP contribution in [0.25, 0.3) is 0 Å². The largest absolute Gasteiger partial charge is 0.466 e. The fourth-order valence-electron chi connectivity index (χ4n) is 0.603. The summed E-state index contributed by atoms with van der Waals surface area (Å²) >= 11 is 0. The van der Waals surface area contributed by atoms with E-state index in [9.17, 15) is 9.59 Å². The molecule has 0 bridgehead atoms. The van der Waals surface area contributed by atoms with Crippen LogP contribution in [0.1, 0.15) is 19.8 Å². The molecule has 0 aliphatic heterocycles. The van der Waals surface area contributed by atoms with E-state index in [2.05, 4.69) is 4.74 Å². The van der Waals surface area contributed by atoms with E-state index in [1.165, 1.54) is 6.92 Å². The molecule has 0 heterocycles. The molecule has 0 aliphatic carbocycles. The van der Waals surface area contributed by atoms with Crippen molar-refractivity contribution in [1.82, 2.24) is 0 Å². The van der Waals surface area contributed by atoms with Crippen molar-refractivity contribution in [3.8, 4) is 0 Å². The fourth-order valence-corrected chi connectivity index (χ4v) is 0.603. The smallest absolute Gasteiger partial charge is 0.306 e. The second-order valence-corrected chi connectivity index (χ2v) is 2.83. The van der Waals surface area contributed by atoms with Crippen LogP contribution in [-0.2, 0) is 14.3 Å². The Morgan fingerprint density at radius 3 is 2.54 bits per heavy atom. The highest BCUT2D eigenvalue weighted by molar-refractivity contribution is 6.11. The lowest BCUT2D eigenvalue weighted by Gasteiger charge is -2.08. The van der Waals surface area contributed by atoms with Crippen LogP contribution in [0.5, 0.6) is 0 Å². The molecule has 0 aliphatic rings. The van der Waals surface area contributed by atoms with Crippen molar-refractivity contribution in [2.45, 2.75) is 25.6 Å². The van der Waals surface area contributed by atoms with Gasteiger partial charge in [0.2, 0.25) is 0 Å². The molecular formula is C8H13BO4. The molecule has 5 heteroatoms. The number of esters is 1. The van der Waals surface area contributed by atoms with Gasteiger partial charge in [0.05, 0.1) is 20.9 Å². The minimum atomic E-state index is -0.540. The highest BCUT2D eigenvalue weighted by Gasteiger charge is 2.07. The summed E-state index contributed by atoms with van der Waals surface area (Å²) in [6.07, 6.45) is 0.265. The van der Waals surface area contributed by atoms with E-state index in [-0.39, 0.29) is 31.8 Å². The van der Waals surface area contributed by atoms with Crippen molar-refractivity contribution in [3.63, 3.8) is 0 Å². The summed E-state index contributed by atoms with van der Waals surface area (Å²) in [6.45, 7) is 1.18. The number of carbonyl (C=O) groups is 2. The molecule has 0 aromatic rings. The lowest BCUT2D eigenvalue weighted by Crippen LogP contribution is -2.13. The van der Waals surface area contributed by atoms with E-state index in [1.807, 2.05) is 0 Å². The molecule has 1 unspecified atom stereocenters. The van der Waals surface area contributed by atoms with E-state index in [0.717, 1.165) is 0 Å². The molecule has 1 atom stereocenters. The Labute approximate surface area is 78.7 Å². The molecule has 0 saturated carbocycles. The predicted molar refractivity (Wildman–Crippen MR) is 47.5 cm³/mol. The van der Waals surface area contributed by atoms with Crippen LogP contribution in [0.4, 0.5) is 0 Å². The van der Waals surface area contributed by atoms with Crippen LogP contribution >= 0.6 is 0 Å². The third-order valence-corrected chi connectivity index (χ3v) is 1.37. The Morgan fingerprint density at radius 2 is 2.08 bits per heavy atom. The Balaban J connectivity index is 3.46. The van der Waals surface area contributed by atoms with Gasteiger partial charge in [-0.2, -0.15) is 0 Å². The average Bonchev–Trinajstić information content (AvgIpc) is 2.10. The minimum absolute atomic E-state index is 0.00671. The standard InChI is InChI=1S/C8H13BO4/c1-6(11)2-3-8(12)13-5-7(9)4-10/h7,10H,2-5H2,1H3. The maximum atomic E-state index is 10.9. The van der Waals surface area contributed by atoms with E-state index < -0.39 is 11.8 Å². The molecule has 1 N–H and O–H groups in total. The van der Waals surface area contributed by atoms with E-state index in [4.69, 9.17) is 13.0 Å². The molecule has 0 aromatic carbocycles. The van der Waals surface area contributed by atoms with Crippen LogP contribution in [0.2, 0.25) is 5.82 Å². The summed E-state index contributed by atoms with van der Waals surface area (Å²) in [4.78, 5) is 21.3. The lowest BCUT2D eigenvalue weighted by atomic mass is 9.89. The quantitative estimate of drug-likeness (QED) is 0.460. The number of ketones is 1. The maximum Gasteiger partial charge on any atom is 0.306 e. The van der Waals surface area contributed by atoms with Crippen molar-refractivity contribution in [2.24, 2.45) is 0 Å². The van der Waals surface area contributed by atoms with Crippen LogP contribution in [0.15, 0.2) is 0 Å². The Bertz CT molecular complexity index is 181. The van der Waals surface area contributed by atoms with Crippen LogP contribution in [0, 0.1) is 0 Å². The van der Waals surface area contributed by atoms with Gasteiger partial charge in [0.25, 0.3) is 0 Å². The molecule has 0 spiro atoms. The number of aliphatic hydroxyl groups excluding tert-OH is 1. The predicted octanol–water partition coefficient (Wildman–Crippen LogP) is -0.152. The highest BCUT2D eigenvalue weighted by atomic mass is 16.5. The summed E-state index contributed by atoms with van der Waals surface area (Å²) in [7, 11) is 5.28. The van der Waals surface area contributed by atoms with Crippen LogP contribution in [-0.4, -0.2) is 37.9 Å². The molecule has 0 amide bonds. The molecule has 0 aromatic heterocycles. The van der Waals surface area contributed by atoms with Gasteiger partial charge in [0.15, 0.2) is 0 Å². The summed E-state index contributed by atoms with van der Waals surface area (Å²) < 4.78 is 4.67. The third kappa shape index (κ3) is 7.52. The first-order chi connectivity index (χ1) is 6.06. The van der Waals surface area contributed by atoms with Gasteiger partial charge < -0.3 is 14.6 Å². The van der Waals surface area contributed by atoms with Crippen LogP contribution in [0.3, 0.4) is 0 Å². The third-order valence-electron chi connectivity index (χ3n) is 1.37. The SMILES string of the molecule is [B]C(CO)COC(=O)CCC(C)=O. The average molecular weight is 184 g/mol. The first-order valence-corrected chi connectivity index (χ1v) is 4.07. The molecule has 72 valence electrons. The van der Waals surface area contributed by atoms with Gasteiger partial charge in [-0.1, -0.05) is 0 Å². The van der Waals surface area contributed by atoms with Crippen molar-refractivity contribution in [1.29, 1.82) is 0 Å². The molecule has 0 fully saturated rings. The first kappa shape index (κ1) is 12.2. The second-order valence-electron chi connectivity index (χ2n) is 2.83. The molecule has 2 radical (unpaired) electrons. The van der Waals surface area contributed by atoms with E-state index >= 15 is 0 Å². The zero-order valence-corrected chi connectivity index (χ0v) is 7.66. The van der Waals surface area contributed by atoms with Crippen molar-refractivity contribution in [3.05, 3.63) is 0 Å². The minimum Gasteiger partial charge on any atom is -0.466 e. The van der Waals surface area contributed by atoms with Gasteiger partial charge in [0, 0.05) is 13.0 Å². The van der Waals surface area contributed by atoms with Gasteiger partial charge >= 0.3 is 5.97 Å². The number of hydrogen-bond acceptors (Lipinski definition) is 4. The second kappa shape index (κ2) is 6.66. The Hall–Kier alpha value is -0.835. The van der Waals surface area contributed by atoms with E-state index in [1.54, 1.807) is 0 Å². The van der Waals surface area contributed by atoms with Crippen molar-refractivity contribution >= 4 is 19.6 Å². The number of hydrogen-bond donors (Lipinski definition) is 1. The first-order valence-electron chi connectivity index (χ1n) is 4.07. The normalized spacial score (nSPS) is 12.2. The summed E-state index contributed by atoms with van der Waals surface area (Å²) in [5.74, 6) is -1.05. The molecule has 0 rings (SSSR count). The van der Waals surface area contributed by atoms with Gasteiger partial charge in [0.1, 0.15) is 5.78 Å². The monoisotopic (exact) mass is 184 g/mol. The summed E-state index contributed by atoms with van der Waals surface area (Å²) in [5, 5.41) is 8.50. The molecular weight excluding hydrogens is 171 g/mol. The fraction of sp³-hybridized carbons (Fsp3) is 0.750. The lowest BCUT2D eigenvalue weighted by molar-refractivity contribution is -0.144. The zero-order chi connectivity index (χ0) is 10.3. The molecule has 4 nitrogen and oxygen atoms in total. The molecule has 0 saturated heterocycles. The molecule has 13 heavy (non-hydrogen) atoms. The van der Waals surface area contributed by atoms with Gasteiger partial charge in [-0.3, -0.25) is 4.79 Å². The maximum absolute atomic E-state index is 10.9. The van der Waals surface area contributed by atoms with E-state index in [0.29, 0.717) is 0 Å². The zero-order valence-electron chi connectivity index (χ0n) is 7.66.